The summed E-state index contributed by atoms with van der Waals surface area (Å²) in [6, 6.07) is 3.77. The first-order valence-corrected chi connectivity index (χ1v) is 8.02. The SMILES string of the molecule is CN(C)c1ncccc1OC1CCN(C(=O)CCn2cncn2)C1. The molecule has 0 spiro atoms. The standard InChI is InChI=1S/C16H22N6O2/c1-20(2)16-14(4-3-7-18-16)24-13-5-8-21(10-13)15(23)6-9-22-12-17-11-19-22/h3-4,7,11-13H,5-6,8-10H2,1-2H3. The molecule has 1 fully saturated rings. The number of aromatic nitrogens is 4. The topological polar surface area (TPSA) is 76.4 Å². The maximum atomic E-state index is 12.3. The molecule has 0 aromatic carbocycles. The van der Waals surface area contributed by atoms with E-state index in [2.05, 4.69) is 15.1 Å². The van der Waals surface area contributed by atoms with Crippen molar-refractivity contribution in [1.82, 2.24) is 24.6 Å². The van der Waals surface area contributed by atoms with Gasteiger partial charge in [-0.2, -0.15) is 5.10 Å². The van der Waals surface area contributed by atoms with Gasteiger partial charge in [-0.05, 0) is 12.1 Å². The van der Waals surface area contributed by atoms with Crippen LogP contribution < -0.4 is 9.64 Å². The zero-order chi connectivity index (χ0) is 16.9. The van der Waals surface area contributed by atoms with E-state index in [-0.39, 0.29) is 12.0 Å². The van der Waals surface area contributed by atoms with E-state index in [9.17, 15) is 4.79 Å². The van der Waals surface area contributed by atoms with Gasteiger partial charge in [-0.3, -0.25) is 9.48 Å². The number of ether oxygens (including phenoxy) is 1. The summed E-state index contributed by atoms with van der Waals surface area (Å²) in [6.45, 7) is 1.88. The smallest absolute Gasteiger partial charge is 0.224 e. The van der Waals surface area contributed by atoms with Crippen molar-refractivity contribution >= 4 is 11.7 Å². The van der Waals surface area contributed by atoms with Gasteiger partial charge in [0.15, 0.2) is 11.6 Å². The average Bonchev–Trinajstić information content (AvgIpc) is 3.24. The van der Waals surface area contributed by atoms with Crippen LogP contribution in [0.1, 0.15) is 12.8 Å². The molecule has 1 aliphatic rings. The van der Waals surface area contributed by atoms with Crippen LogP contribution in [-0.2, 0) is 11.3 Å². The first-order valence-electron chi connectivity index (χ1n) is 8.02. The number of amides is 1. The Hall–Kier alpha value is -2.64. The van der Waals surface area contributed by atoms with Crippen LogP contribution in [0.2, 0.25) is 0 Å². The third-order valence-corrected chi connectivity index (χ3v) is 3.99. The average molecular weight is 330 g/mol. The number of hydrogen-bond acceptors (Lipinski definition) is 6. The van der Waals surface area contributed by atoms with Crippen molar-refractivity contribution in [1.29, 1.82) is 0 Å². The number of likely N-dealkylation sites (tertiary alicyclic amines) is 1. The van der Waals surface area contributed by atoms with Gasteiger partial charge in [0.2, 0.25) is 5.91 Å². The Bertz CT molecular complexity index is 673. The van der Waals surface area contributed by atoms with Gasteiger partial charge in [0.1, 0.15) is 18.8 Å². The molecule has 0 saturated carbocycles. The fourth-order valence-electron chi connectivity index (χ4n) is 2.76. The Morgan fingerprint density at radius 3 is 3.08 bits per heavy atom. The zero-order valence-electron chi connectivity index (χ0n) is 14.0. The Labute approximate surface area is 141 Å². The van der Waals surface area contributed by atoms with Crippen LogP contribution in [0.15, 0.2) is 31.0 Å². The summed E-state index contributed by atoms with van der Waals surface area (Å²) in [6.07, 6.45) is 6.09. The van der Waals surface area contributed by atoms with Gasteiger partial charge in [0.25, 0.3) is 0 Å². The highest BCUT2D eigenvalue weighted by Crippen LogP contribution is 2.26. The van der Waals surface area contributed by atoms with Crippen molar-refractivity contribution in [2.24, 2.45) is 0 Å². The van der Waals surface area contributed by atoms with E-state index >= 15 is 0 Å². The van der Waals surface area contributed by atoms with Gasteiger partial charge >= 0.3 is 0 Å². The molecule has 1 unspecified atom stereocenters. The van der Waals surface area contributed by atoms with E-state index in [0.717, 1.165) is 24.5 Å². The molecular formula is C16H22N6O2. The lowest BCUT2D eigenvalue weighted by Gasteiger charge is -2.20. The quantitative estimate of drug-likeness (QED) is 0.780. The molecule has 24 heavy (non-hydrogen) atoms. The molecule has 128 valence electrons. The van der Waals surface area contributed by atoms with Crippen LogP contribution in [0.3, 0.4) is 0 Å². The van der Waals surface area contributed by atoms with E-state index in [0.29, 0.717) is 19.5 Å². The summed E-state index contributed by atoms with van der Waals surface area (Å²) in [5.41, 5.74) is 0. The van der Waals surface area contributed by atoms with Crippen molar-refractivity contribution in [3.05, 3.63) is 31.0 Å². The number of nitrogens with zero attached hydrogens (tertiary/aromatic N) is 6. The molecular weight excluding hydrogens is 308 g/mol. The van der Waals surface area contributed by atoms with Crippen molar-refractivity contribution < 1.29 is 9.53 Å². The summed E-state index contributed by atoms with van der Waals surface area (Å²) < 4.78 is 7.74. The van der Waals surface area contributed by atoms with Gasteiger partial charge < -0.3 is 14.5 Å². The molecule has 1 aliphatic heterocycles. The van der Waals surface area contributed by atoms with Crippen LogP contribution in [0.4, 0.5) is 5.82 Å². The first-order chi connectivity index (χ1) is 11.6. The second kappa shape index (κ2) is 7.29. The van der Waals surface area contributed by atoms with Crippen LogP contribution in [0, 0.1) is 0 Å². The van der Waals surface area contributed by atoms with E-state index in [4.69, 9.17) is 4.74 Å². The maximum Gasteiger partial charge on any atom is 0.224 e. The molecule has 0 N–H and O–H groups in total. The number of anilines is 1. The monoisotopic (exact) mass is 330 g/mol. The van der Waals surface area contributed by atoms with Crippen LogP contribution >= 0.6 is 0 Å². The maximum absolute atomic E-state index is 12.3. The minimum atomic E-state index is 0.00298. The fourth-order valence-corrected chi connectivity index (χ4v) is 2.76. The molecule has 1 amide bonds. The molecule has 3 rings (SSSR count). The summed E-state index contributed by atoms with van der Waals surface area (Å²) in [7, 11) is 3.87. The predicted octanol–water partition coefficient (Wildman–Crippen LogP) is 0.809. The second-order valence-corrected chi connectivity index (χ2v) is 6.00. The highest BCUT2D eigenvalue weighted by molar-refractivity contribution is 5.76. The summed E-state index contributed by atoms with van der Waals surface area (Å²) >= 11 is 0. The van der Waals surface area contributed by atoms with Gasteiger partial charge in [0, 0.05) is 39.7 Å². The second-order valence-electron chi connectivity index (χ2n) is 6.00. The van der Waals surface area contributed by atoms with Gasteiger partial charge in [-0.15, -0.1) is 0 Å². The van der Waals surface area contributed by atoms with Crippen molar-refractivity contribution in [3.63, 3.8) is 0 Å². The summed E-state index contributed by atoms with van der Waals surface area (Å²) in [5, 5.41) is 4.01. The number of aryl methyl sites for hydroxylation is 1. The highest BCUT2D eigenvalue weighted by atomic mass is 16.5. The van der Waals surface area contributed by atoms with Crippen molar-refractivity contribution in [2.45, 2.75) is 25.5 Å². The van der Waals surface area contributed by atoms with Crippen molar-refractivity contribution in [3.8, 4) is 5.75 Å². The number of pyridine rings is 1. The minimum absolute atomic E-state index is 0.00298. The molecule has 2 aromatic rings. The van der Waals surface area contributed by atoms with Gasteiger partial charge in [0.05, 0.1) is 13.1 Å². The fraction of sp³-hybridized carbons (Fsp3) is 0.500. The molecule has 8 nitrogen and oxygen atoms in total. The molecule has 2 aromatic heterocycles. The van der Waals surface area contributed by atoms with E-state index < -0.39 is 0 Å². The van der Waals surface area contributed by atoms with E-state index in [1.165, 1.54) is 6.33 Å². The zero-order valence-corrected chi connectivity index (χ0v) is 14.0. The number of rotatable bonds is 6. The van der Waals surface area contributed by atoms with Crippen LogP contribution in [0.25, 0.3) is 0 Å². The summed E-state index contributed by atoms with van der Waals surface area (Å²) in [4.78, 5) is 24.3. The molecule has 1 saturated heterocycles. The van der Waals surface area contributed by atoms with Crippen LogP contribution in [-0.4, -0.2) is 63.8 Å². The number of hydrogen-bond donors (Lipinski definition) is 0. The van der Waals surface area contributed by atoms with Gasteiger partial charge in [-0.25, -0.2) is 9.97 Å². The Kier molecular flexibility index (Phi) is 4.93. The largest absolute Gasteiger partial charge is 0.485 e. The Balaban J connectivity index is 1.53. The van der Waals surface area contributed by atoms with Crippen LogP contribution in [0.5, 0.6) is 5.75 Å². The van der Waals surface area contributed by atoms with Crippen molar-refractivity contribution in [2.75, 3.05) is 32.1 Å². The molecule has 8 heteroatoms. The molecule has 0 aliphatic carbocycles. The lowest BCUT2D eigenvalue weighted by Crippen LogP contribution is -2.31. The third kappa shape index (κ3) is 3.81. The first kappa shape index (κ1) is 16.2. The molecule has 3 heterocycles. The molecule has 0 bridgehead atoms. The summed E-state index contributed by atoms with van der Waals surface area (Å²) in [5.74, 6) is 1.67. The van der Waals surface area contributed by atoms with Gasteiger partial charge in [-0.1, -0.05) is 0 Å². The lowest BCUT2D eigenvalue weighted by atomic mass is 10.3. The lowest BCUT2D eigenvalue weighted by molar-refractivity contribution is -0.130. The molecule has 1 atom stereocenters. The minimum Gasteiger partial charge on any atom is -0.485 e. The van der Waals surface area contributed by atoms with E-state index in [1.807, 2.05) is 36.0 Å². The number of carbonyl (C=O) groups is 1. The normalized spacial score (nSPS) is 17.1. The Morgan fingerprint density at radius 1 is 1.46 bits per heavy atom. The molecule has 0 radical (unpaired) electrons. The highest BCUT2D eigenvalue weighted by Gasteiger charge is 2.28. The Morgan fingerprint density at radius 2 is 2.33 bits per heavy atom. The predicted molar refractivity (Wildman–Crippen MR) is 88.8 cm³/mol. The third-order valence-electron chi connectivity index (χ3n) is 3.99. The number of carbonyl (C=O) groups excluding carboxylic acids is 1. The van der Waals surface area contributed by atoms with E-state index in [1.54, 1.807) is 17.2 Å².